The standard InChI is InChI=1S/C23H22N4OS2/c1-14-12-24-27(19-9-5-7-16-6-3-4-8-18(16)19)21(14)26-22(28)20-15(2)25-23(30-20)17-10-11-29-13-17/h3-4,6,8,10-13,19H,5,7,9H2,1-2H3,(H,26,28). The van der Waals surface area contributed by atoms with E-state index in [1.54, 1.807) is 11.3 Å². The second-order valence-electron chi connectivity index (χ2n) is 7.63. The number of nitrogens with zero attached hydrogens (tertiary/aromatic N) is 3. The molecule has 0 aliphatic heterocycles. The average Bonchev–Trinajstić information content (AvgIpc) is 3.49. The van der Waals surface area contributed by atoms with Crippen molar-refractivity contribution in [3.63, 3.8) is 0 Å². The van der Waals surface area contributed by atoms with Crippen LogP contribution in [0.3, 0.4) is 0 Å². The van der Waals surface area contributed by atoms with Crippen LogP contribution >= 0.6 is 22.7 Å². The number of aromatic nitrogens is 3. The summed E-state index contributed by atoms with van der Waals surface area (Å²) in [6, 6.07) is 10.7. The number of benzene rings is 1. The Labute approximate surface area is 183 Å². The Balaban J connectivity index is 1.46. The Morgan fingerprint density at radius 1 is 1.23 bits per heavy atom. The Morgan fingerprint density at radius 2 is 2.10 bits per heavy atom. The van der Waals surface area contributed by atoms with Crippen molar-refractivity contribution in [3.8, 4) is 10.6 Å². The number of amides is 1. The highest BCUT2D eigenvalue weighted by Crippen LogP contribution is 2.36. The SMILES string of the molecule is Cc1cnn(C2CCCc3ccccc32)c1NC(=O)c1sc(-c2ccsc2)nc1C. The molecule has 1 atom stereocenters. The van der Waals surface area contributed by atoms with Gasteiger partial charge < -0.3 is 5.32 Å². The first-order valence-electron chi connectivity index (χ1n) is 10.0. The van der Waals surface area contributed by atoms with Crippen molar-refractivity contribution in [2.24, 2.45) is 0 Å². The fourth-order valence-corrected chi connectivity index (χ4v) is 5.78. The van der Waals surface area contributed by atoms with Gasteiger partial charge in [0.25, 0.3) is 5.91 Å². The Morgan fingerprint density at radius 3 is 2.93 bits per heavy atom. The van der Waals surface area contributed by atoms with Crippen LogP contribution in [0.15, 0.2) is 47.3 Å². The van der Waals surface area contributed by atoms with E-state index >= 15 is 0 Å². The molecule has 1 amide bonds. The molecule has 0 saturated heterocycles. The van der Waals surface area contributed by atoms with E-state index in [-0.39, 0.29) is 11.9 Å². The highest BCUT2D eigenvalue weighted by molar-refractivity contribution is 7.17. The van der Waals surface area contributed by atoms with Crippen molar-refractivity contribution in [3.05, 3.63) is 74.6 Å². The monoisotopic (exact) mass is 434 g/mol. The summed E-state index contributed by atoms with van der Waals surface area (Å²) in [6.07, 6.45) is 5.07. The minimum atomic E-state index is -0.125. The maximum atomic E-state index is 13.2. The van der Waals surface area contributed by atoms with Gasteiger partial charge >= 0.3 is 0 Å². The van der Waals surface area contributed by atoms with E-state index in [1.807, 2.05) is 36.2 Å². The molecule has 1 aromatic carbocycles. The van der Waals surface area contributed by atoms with E-state index < -0.39 is 0 Å². The van der Waals surface area contributed by atoms with Crippen molar-refractivity contribution in [1.82, 2.24) is 14.8 Å². The lowest BCUT2D eigenvalue weighted by atomic mass is 9.88. The maximum Gasteiger partial charge on any atom is 0.268 e. The van der Waals surface area contributed by atoms with Crippen LogP contribution in [0.2, 0.25) is 0 Å². The highest BCUT2D eigenvalue weighted by atomic mass is 32.1. The van der Waals surface area contributed by atoms with Gasteiger partial charge in [-0.3, -0.25) is 4.79 Å². The van der Waals surface area contributed by atoms with Crippen molar-refractivity contribution >= 4 is 34.4 Å². The van der Waals surface area contributed by atoms with E-state index in [1.165, 1.54) is 22.5 Å². The van der Waals surface area contributed by atoms with Crippen LogP contribution in [0.25, 0.3) is 10.6 Å². The first-order chi connectivity index (χ1) is 14.6. The van der Waals surface area contributed by atoms with E-state index in [4.69, 9.17) is 0 Å². The first kappa shape index (κ1) is 19.2. The van der Waals surface area contributed by atoms with Crippen LogP contribution in [0.4, 0.5) is 5.82 Å². The second-order valence-corrected chi connectivity index (χ2v) is 9.41. The molecule has 1 N–H and O–H groups in total. The number of thiophene rings is 1. The third-order valence-corrected chi connectivity index (χ3v) is 7.50. The largest absolute Gasteiger partial charge is 0.306 e. The third-order valence-electron chi connectivity index (χ3n) is 5.61. The number of hydrogen-bond acceptors (Lipinski definition) is 5. The zero-order valence-electron chi connectivity index (χ0n) is 16.9. The molecular weight excluding hydrogens is 412 g/mol. The first-order valence-corrected chi connectivity index (χ1v) is 11.8. The molecule has 1 aliphatic rings. The molecule has 7 heteroatoms. The van der Waals surface area contributed by atoms with Crippen LogP contribution in [0.1, 0.15) is 50.9 Å². The Kier molecular flexibility index (Phi) is 5.00. The van der Waals surface area contributed by atoms with E-state index in [2.05, 4.69) is 45.0 Å². The molecule has 4 aromatic rings. The van der Waals surface area contributed by atoms with Gasteiger partial charge in [-0.25, -0.2) is 9.67 Å². The lowest BCUT2D eigenvalue weighted by molar-refractivity contribution is 0.102. The summed E-state index contributed by atoms with van der Waals surface area (Å²) >= 11 is 3.07. The van der Waals surface area contributed by atoms with Crippen LogP contribution in [-0.4, -0.2) is 20.7 Å². The molecule has 3 heterocycles. The summed E-state index contributed by atoms with van der Waals surface area (Å²) < 4.78 is 1.99. The molecule has 1 aliphatic carbocycles. The van der Waals surface area contributed by atoms with Crippen molar-refractivity contribution in [2.45, 2.75) is 39.2 Å². The number of anilines is 1. The summed E-state index contributed by atoms with van der Waals surface area (Å²) in [5, 5.41) is 12.7. The highest BCUT2D eigenvalue weighted by Gasteiger charge is 2.26. The van der Waals surface area contributed by atoms with Crippen molar-refractivity contribution in [2.75, 3.05) is 5.32 Å². The molecule has 3 aromatic heterocycles. The number of rotatable bonds is 4. The molecule has 5 nitrogen and oxygen atoms in total. The van der Waals surface area contributed by atoms with Gasteiger partial charge in [-0.15, -0.1) is 11.3 Å². The summed E-state index contributed by atoms with van der Waals surface area (Å²) in [4.78, 5) is 18.4. The van der Waals surface area contributed by atoms with Gasteiger partial charge in [-0.05, 0) is 55.7 Å². The van der Waals surface area contributed by atoms with Crippen LogP contribution < -0.4 is 5.32 Å². The minimum absolute atomic E-state index is 0.125. The van der Waals surface area contributed by atoms with Gasteiger partial charge in [-0.1, -0.05) is 24.3 Å². The fourth-order valence-electron chi connectivity index (χ4n) is 4.10. The minimum Gasteiger partial charge on any atom is -0.306 e. The number of thiazole rings is 1. The lowest BCUT2D eigenvalue weighted by Crippen LogP contribution is -2.22. The quantitative estimate of drug-likeness (QED) is 0.437. The maximum absolute atomic E-state index is 13.2. The molecule has 30 heavy (non-hydrogen) atoms. The summed E-state index contributed by atoms with van der Waals surface area (Å²) in [6.45, 7) is 3.88. The molecule has 0 saturated carbocycles. The predicted octanol–water partition coefficient (Wildman–Crippen LogP) is 5.86. The Hall–Kier alpha value is -2.77. The lowest BCUT2D eigenvalue weighted by Gasteiger charge is -2.27. The molecular formula is C23H22N4OS2. The number of nitrogens with one attached hydrogen (secondary N) is 1. The number of carbonyl (C=O) groups excluding carboxylic acids is 1. The van der Waals surface area contributed by atoms with E-state index in [9.17, 15) is 4.79 Å². The zero-order valence-corrected chi connectivity index (χ0v) is 18.5. The normalized spacial score (nSPS) is 15.7. The molecule has 0 spiro atoms. The molecule has 0 bridgehead atoms. The molecule has 0 radical (unpaired) electrons. The van der Waals surface area contributed by atoms with Crippen molar-refractivity contribution in [1.29, 1.82) is 0 Å². The van der Waals surface area contributed by atoms with E-state index in [0.717, 1.165) is 46.9 Å². The zero-order chi connectivity index (χ0) is 20.7. The van der Waals surface area contributed by atoms with Gasteiger partial charge in [0.1, 0.15) is 15.7 Å². The molecule has 1 unspecified atom stereocenters. The van der Waals surface area contributed by atoms with Gasteiger partial charge in [0.05, 0.1) is 17.9 Å². The van der Waals surface area contributed by atoms with Crippen LogP contribution in [0.5, 0.6) is 0 Å². The van der Waals surface area contributed by atoms with Gasteiger partial charge in [0.15, 0.2) is 0 Å². The second kappa shape index (κ2) is 7.81. The van der Waals surface area contributed by atoms with Gasteiger partial charge in [0, 0.05) is 16.5 Å². The molecule has 152 valence electrons. The number of carbonyl (C=O) groups is 1. The summed E-state index contributed by atoms with van der Waals surface area (Å²) in [5.41, 5.74) is 5.46. The molecule has 5 rings (SSSR count). The summed E-state index contributed by atoms with van der Waals surface area (Å²) in [7, 11) is 0. The predicted molar refractivity (Wildman–Crippen MR) is 123 cm³/mol. The van der Waals surface area contributed by atoms with E-state index in [0.29, 0.717) is 4.88 Å². The average molecular weight is 435 g/mol. The molecule has 0 fully saturated rings. The Bertz CT molecular complexity index is 1210. The number of hydrogen-bond donors (Lipinski definition) is 1. The smallest absolute Gasteiger partial charge is 0.268 e. The third kappa shape index (κ3) is 3.38. The fraction of sp³-hybridized carbons (Fsp3) is 0.261. The topological polar surface area (TPSA) is 59.8 Å². The van der Waals surface area contributed by atoms with Crippen LogP contribution in [-0.2, 0) is 6.42 Å². The number of aryl methyl sites for hydroxylation is 3. The van der Waals surface area contributed by atoms with Gasteiger partial charge in [-0.2, -0.15) is 16.4 Å². The van der Waals surface area contributed by atoms with Crippen LogP contribution in [0, 0.1) is 13.8 Å². The van der Waals surface area contributed by atoms with Crippen molar-refractivity contribution < 1.29 is 4.79 Å². The number of fused-ring (bicyclic) bond motifs is 1. The van der Waals surface area contributed by atoms with Gasteiger partial charge in [0.2, 0.25) is 0 Å². The summed E-state index contributed by atoms with van der Waals surface area (Å²) in [5.74, 6) is 0.645.